The van der Waals surface area contributed by atoms with E-state index in [9.17, 15) is 0 Å². The molecule has 0 amide bonds. The van der Waals surface area contributed by atoms with Gasteiger partial charge in [-0.3, -0.25) is 0 Å². The zero-order valence-corrected chi connectivity index (χ0v) is 14.0. The van der Waals surface area contributed by atoms with Gasteiger partial charge in [0.1, 0.15) is 0 Å². The quantitative estimate of drug-likeness (QED) is 0.773. The summed E-state index contributed by atoms with van der Waals surface area (Å²) in [7, 11) is 0. The van der Waals surface area contributed by atoms with E-state index in [0.29, 0.717) is 5.54 Å². The maximum absolute atomic E-state index is 5.76. The molecule has 20 heavy (non-hydrogen) atoms. The predicted octanol–water partition coefficient (Wildman–Crippen LogP) is 3.95. The number of nitrogens with zero attached hydrogens (tertiary/aromatic N) is 1. The van der Waals surface area contributed by atoms with Crippen LogP contribution in [-0.2, 0) is 0 Å². The summed E-state index contributed by atoms with van der Waals surface area (Å²) in [6.07, 6.45) is 11.0. The van der Waals surface area contributed by atoms with Gasteiger partial charge in [-0.05, 0) is 81.3 Å². The first-order valence-corrected chi connectivity index (χ1v) is 9.12. The van der Waals surface area contributed by atoms with Gasteiger partial charge < -0.3 is 10.2 Å². The van der Waals surface area contributed by atoms with Gasteiger partial charge in [0.2, 0.25) is 0 Å². The Kier molecular flexibility index (Phi) is 4.26. The molecule has 0 aromatic rings. The molecular formula is C17H30N2S. The summed E-state index contributed by atoms with van der Waals surface area (Å²) >= 11 is 5.76. The van der Waals surface area contributed by atoms with E-state index < -0.39 is 0 Å². The van der Waals surface area contributed by atoms with Crippen LogP contribution in [0, 0.1) is 17.8 Å². The van der Waals surface area contributed by atoms with Gasteiger partial charge in [0.05, 0.1) is 0 Å². The minimum atomic E-state index is 0.367. The van der Waals surface area contributed by atoms with Gasteiger partial charge in [0, 0.05) is 18.6 Å². The van der Waals surface area contributed by atoms with Crippen LogP contribution in [0.3, 0.4) is 0 Å². The number of thiocarbonyl (C=S) groups is 1. The predicted molar refractivity (Wildman–Crippen MR) is 88.8 cm³/mol. The van der Waals surface area contributed by atoms with Crippen molar-refractivity contribution in [1.29, 1.82) is 0 Å². The molecule has 0 atom stereocenters. The van der Waals surface area contributed by atoms with E-state index in [2.05, 4.69) is 24.1 Å². The molecule has 3 heteroatoms. The molecule has 4 rings (SSSR count). The highest BCUT2D eigenvalue weighted by Crippen LogP contribution is 2.55. The number of rotatable bonds is 5. The SMILES string of the molecule is CCCN(CCC)C(=S)NC12CC3CC(CC(C3)C1)C2. The van der Waals surface area contributed by atoms with Crippen LogP contribution in [0.25, 0.3) is 0 Å². The number of hydrogen-bond acceptors (Lipinski definition) is 1. The molecule has 4 aliphatic rings. The third-order valence-electron chi connectivity index (χ3n) is 5.68. The van der Waals surface area contributed by atoms with Gasteiger partial charge >= 0.3 is 0 Å². The molecule has 0 unspecified atom stereocenters. The Balaban J connectivity index is 1.65. The van der Waals surface area contributed by atoms with Crippen LogP contribution >= 0.6 is 12.2 Å². The molecule has 2 nitrogen and oxygen atoms in total. The van der Waals surface area contributed by atoms with Crippen molar-refractivity contribution >= 4 is 17.3 Å². The van der Waals surface area contributed by atoms with Crippen LogP contribution in [0.1, 0.15) is 65.2 Å². The molecule has 1 N–H and O–H groups in total. The lowest BCUT2D eigenvalue weighted by molar-refractivity contribution is -0.0112. The lowest BCUT2D eigenvalue weighted by Crippen LogP contribution is -2.61. The van der Waals surface area contributed by atoms with Crippen LogP contribution < -0.4 is 5.32 Å². The number of nitrogens with one attached hydrogen (secondary N) is 1. The standard InChI is InChI=1S/C17H30N2S/c1-3-5-19(6-4-2)16(20)18-17-10-13-7-14(11-17)9-15(8-13)12-17/h13-15H,3-12H2,1-2H3,(H,18,20). The first kappa shape index (κ1) is 14.6. The third kappa shape index (κ3) is 2.84. The molecule has 114 valence electrons. The molecule has 0 heterocycles. The summed E-state index contributed by atoms with van der Waals surface area (Å²) < 4.78 is 0. The maximum atomic E-state index is 5.76. The topological polar surface area (TPSA) is 15.3 Å². The average molecular weight is 295 g/mol. The van der Waals surface area contributed by atoms with Crippen molar-refractivity contribution in [2.24, 2.45) is 17.8 Å². The van der Waals surface area contributed by atoms with Crippen LogP contribution in [0.15, 0.2) is 0 Å². The minimum Gasteiger partial charge on any atom is -0.357 e. The second kappa shape index (κ2) is 5.82. The Morgan fingerprint density at radius 3 is 1.85 bits per heavy atom. The van der Waals surface area contributed by atoms with E-state index in [0.717, 1.165) is 36.0 Å². The molecular weight excluding hydrogens is 264 g/mol. The van der Waals surface area contributed by atoms with Gasteiger partial charge in [-0.1, -0.05) is 13.8 Å². The lowest BCUT2D eigenvalue weighted by Gasteiger charge is -2.57. The molecule has 4 bridgehead atoms. The van der Waals surface area contributed by atoms with E-state index in [4.69, 9.17) is 12.2 Å². The molecule has 0 spiro atoms. The van der Waals surface area contributed by atoms with Crippen molar-refractivity contribution < 1.29 is 0 Å². The highest BCUT2D eigenvalue weighted by molar-refractivity contribution is 7.80. The van der Waals surface area contributed by atoms with E-state index >= 15 is 0 Å². The zero-order valence-electron chi connectivity index (χ0n) is 13.2. The highest BCUT2D eigenvalue weighted by Gasteiger charge is 2.51. The second-order valence-electron chi connectivity index (χ2n) is 7.62. The highest BCUT2D eigenvalue weighted by atomic mass is 32.1. The summed E-state index contributed by atoms with van der Waals surface area (Å²) in [4.78, 5) is 2.40. The summed E-state index contributed by atoms with van der Waals surface area (Å²) in [5.74, 6) is 2.96. The van der Waals surface area contributed by atoms with Gasteiger partial charge in [-0.2, -0.15) is 0 Å². The van der Waals surface area contributed by atoms with Crippen molar-refractivity contribution in [1.82, 2.24) is 10.2 Å². The Labute approximate surface area is 129 Å². The van der Waals surface area contributed by atoms with Crippen molar-refractivity contribution in [2.45, 2.75) is 70.8 Å². The van der Waals surface area contributed by atoms with Crippen LogP contribution in [-0.4, -0.2) is 28.6 Å². The van der Waals surface area contributed by atoms with Crippen LogP contribution in [0.5, 0.6) is 0 Å². The van der Waals surface area contributed by atoms with Gasteiger partial charge in [-0.25, -0.2) is 0 Å². The second-order valence-corrected chi connectivity index (χ2v) is 8.00. The molecule has 4 saturated carbocycles. The van der Waals surface area contributed by atoms with Crippen molar-refractivity contribution in [2.75, 3.05) is 13.1 Å². The average Bonchev–Trinajstić information content (AvgIpc) is 2.36. The van der Waals surface area contributed by atoms with E-state index in [1.807, 2.05) is 0 Å². The Morgan fingerprint density at radius 1 is 1.00 bits per heavy atom. The smallest absolute Gasteiger partial charge is 0.169 e. The van der Waals surface area contributed by atoms with Crippen molar-refractivity contribution in [3.8, 4) is 0 Å². The molecule has 0 saturated heterocycles. The molecule has 4 aliphatic carbocycles. The molecule has 0 aliphatic heterocycles. The Morgan fingerprint density at radius 2 is 1.45 bits per heavy atom. The van der Waals surface area contributed by atoms with Crippen molar-refractivity contribution in [3.63, 3.8) is 0 Å². The fourth-order valence-electron chi connectivity index (χ4n) is 5.42. The van der Waals surface area contributed by atoms with Crippen LogP contribution in [0.2, 0.25) is 0 Å². The first-order chi connectivity index (χ1) is 9.64. The van der Waals surface area contributed by atoms with Crippen LogP contribution in [0.4, 0.5) is 0 Å². The molecule has 0 aromatic heterocycles. The summed E-state index contributed by atoms with van der Waals surface area (Å²) in [6, 6.07) is 0. The third-order valence-corrected chi connectivity index (χ3v) is 6.04. The monoisotopic (exact) mass is 294 g/mol. The first-order valence-electron chi connectivity index (χ1n) is 8.71. The summed E-state index contributed by atoms with van der Waals surface area (Å²) in [5.41, 5.74) is 0.367. The van der Waals surface area contributed by atoms with E-state index in [-0.39, 0.29) is 0 Å². The summed E-state index contributed by atoms with van der Waals surface area (Å²) in [6.45, 7) is 6.70. The molecule has 0 radical (unpaired) electrons. The zero-order chi connectivity index (χ0) is 14.2. The van der Waals surface area contributed by atoms with E-state index in [1.165, 1.54) is 51.4 Å². The molecule has 4 fully saturated rings. The number of hydrogen-bond donors (Lipinski definition) is 1. The van der Waals surface area contributed by atoms with Gasteiger partial charge in [0.25, 0.3) is 0 Å². The minimum absolute atomic E-state index is 0.367. The lowest BCUT2D eigenvalue weighted by atomic mass is 9.53. The fraction of sp³-hybridized carbons (Fsp3) is 0.941. The summed E-state index contributed by atoms with van der Waals surface area (Å²) in [5, 5.41) is 4.89. The normalized spacial score (nSPS) is 38.0. The Hall–Kier alpha value is -0.310. The van der Waals surface area contributed by atoms with Gasteiger partial charge in [0.15, 0.2) is 5.11 Å². The Bertz CT molecular complexity index is 325. The largest absolute Gasteiger partial charge is 0.357 e. The maximum Gasteiger partial charge on any atom is 0.169 e. The fourth-order valence-corrected chi connectivity index (χ4v) is 5.82. The molecule has 0 aromatic carbocycles. The van der Waals surface area contributed by atoms with Gasteiger partial charge in [-0.15, -0.1) is 0 Å². The van der Waals surface area contributed by atoms with E-state index in [1.54, 1.807) is 0 Å². The van der Waals surface area contributed by atoms with Crippen molar-refractivity contribution in [3.05, 3.63) is 0 Å².